The lowest BCUT2D eigenvalue weighted by atomic mass is 9.96. The first-order valence-electron chi connectivity index (χ1n) is 8.13. The fourth-order valence-corrected chi connectivity index (χ4v) is 6.81. The van der Waals surface area contributed by atoms with E-state index in [9.17, 15) is 9.13 Å². The molecule has 1 aliphatic rings. The van der Waals surface area contributed by atoms with Crippen molar-refractivity contribution in [2.75, 3.05) is 33.8 Å². The van der Waals surface area contributed by atoms with E-state index in [1.807, 2.05) is 36.4 Å². The number of fused-ring (bicyclic) bond motifs is 3. The van der Waals surface area contributed by atoms with Gasteiger partial charge in [0.15, 0.2) is 0 Å². The molecule has 0 fully saturated rings. The zero-order chi connectivity index (χ0) is 18.9. The molecular weight excluding hydrogens is 376 g/mol. The lowest BCUT2D eigenvalue weighted by molar-refractivity contribution is 0.254. The third kappa shape index (κ3) is 3.13. The molecule has 1 heterocycles. The Morgan fingerprint density at radius 3 is 2.12 bits per heavy atom. The Bertz CT molecular complexity index is 886. The Hall–Kier alpha value is -1.20. The third-order valence-corrected chi connectivity index (χ3v) is 9.23. The van der Waals surface area contributed by atoms with Crippen LogP contribution >= 0.6 is 15.2 Å². The Balaban J connectivity index is 2.23. The first-order chi connectivity index (χ1) is 12.4. The van der Waals surface area contributed by atoms with E-state index >= 15 is 0 Å². The van der Waals surface area contributed by atoms with Crippen molar-refractivity contribution in [1.29, 1.82) is 0 Å². The van der Waals surface area contributed by atoms with Crippen molar-refractivity contribution in [2.24, 2.45) is 0 Å². The molecule has 142 valence electrons. The highest BCUT2D eigenvalue weighted by atomic mass is 31.2. The van der Waals surface area contributed by atoms with E-state index in [1.54, 1.807) is 0 Å². The van der Waals surface area contributed by atoms with E-state index in [2.05, 4.69) is 5.32 Å². The van der Waals surface area contributed by atoms with Crippen LogP contribution in [0.2, 0.25) is 0 Å². The molecule has 2 atom stereocenters. The van der Waals surface area contributed by atoms with Crippen molar-refractivity contribution in [3.8, 4) is 0 Å². The zero-order valence-electron chi connectivity index (χ0n) is 15.2. The molecule has 0 aromatic heterocycles. The molecule has 0 saturated carbocycles. The molecule has 26 heavy (non-hydrogen) atoms. The van der Waals surface area contributed by atoms with Gasteiger partial charge in [0, 0.05) is 34.1 Å². The van der Waals surface area contributed by atoms with Crippen LogP contribution in [0.5, 0.6) is 0 Å². The van der Waals surface area contributed by atoms with Gasteiger partial charge in [-0.3, -0.25) is 9.13 Å². The maximum Gasteiger partial charge on any atom is 0.352 e. The van der Waals surface area contributed by atoms with Crippen LogP contribution in [0.3, 0.4) is 0 Å². The topological polar surface area (TPSA) is 83.1 Å². The predicted molar refractivity (Wildman–Crippen MR) is 102 cm³/mol. The fraction of sp³-hybridized carbons (Fsp3) is 0.412. The van der Waals surface area contributed by atoms with Crippen molar-refractivity contribution >= 4 is 31.7 Å². The second kappa shape index (κ2) is 7.43. The molecular formula is C17H23NO6P2. The van der Waals surface area contributed by atoms with Crippen LogP contribution in [0.25, 0.3) is 10.8 Å². The van der Waals surface area contributed by atoms with Gasteiger partial charge in [0.05, 0.1) is 5.66 Å². The average molecular weight is 399 g/mol. The molecule has 0 radical (unpaired) electrons. The van der Waals surface area contributed by atoms with Crippen LogP contribution in [0.1, 0.15) is 17.6 Å². The summed E-state index contributed by atoms with van der Waals surface area (Å²) >= 11 is 0. The van der Waals surface area contributed by atoms with Crippen molar-refractivity contribution < 1.29 is 27.2 Å². The summed E-state index contributed by atoms with van der Waals surface area (Å²) in [5.41, 5.74) is 0.933. The minimum absolute atomic E-state index is 0.221. The monoisotopic (exact) mass is 399 g/mol. The lowest BCUT2D eigenvalue weighted by Crippen LogP contribution is -2.30. The molecule has 2 unspecified atom stereocenters. The smallest absolute Gasteiger partial charge is 0.352 e. The Morgan fingerprint density at radius 1 is 0.885 bits per heavy atom. The van der Waals surface area contributed by atoms with Gasteiger partial charge in [-0.2, -0.15) is 0 Å². The second-order valence-corrected chi connectivity index (χ2v) is 10.8. The van der Waals surface area contributed by atoms with E-state index < -0.39 is 26.6 Å². The highest BCUT2D eigenvalue weighted by Gasteiger charge is 2.47. The first-order valence-corrected chi connectivity index (χ1v) is 11.4. The molecule has 2 aromatic rings. The summed E-state index contributed by atoms with van der Waals surface area (Å²) in [6, 6.07) is 11.6. The second-order valence-electron chi connectivity index (χ2n) is 5.97. The van der Waals surface area contributed by atoms with Crippen LogP contribution < -0.4 is 5.32 Å². The van der Waals surface area contributed by atoms with Gasteiger partial charge >= 0.3 is 15.2 Å². The number of rotatable bonds is 6. The first kappa shape index (κ1) is 19.6. The quantitative estimate of drug-likeness (QED) is 0.685. The largest absolute Gasteiger partial charge is 0.371 e. The average Bonchev–Trinajstić information content (AvgIpc) is 2.71. The normalized spacial score (nSPS) is 20.6. The van der Waals surface area contributed by atoms with E-state index in [0.717, 1.165) is 16.3 Å². The third-order valence-electron chi connectivity index (χ3n) is 4.85. The van der Waals surface area contributed by atoms with Crippen molar-refractivity contribution in [3.05, 3.63) is 42.0 Å². The minimum atomic E-state index is -3.49. The highest BCUT2D eigenvalue weighted by Crippen LogP contribution is 2.68. The van der Waals surface area contributed by atoms with E-state index in [0.29, 0.717) is 5.69 Å². The van der Waals surface area contributed by atoms with E-state index in [4.69, 9.17) is 18.1 Å². The van der Waals surface area contributed by atoms with E-state index in [-0.39, 0.29) is 6.42 Å². The van der Waals surface area contributed by atoms with Crippen LogP contribution in [-0.4, -0.2) is 34.2 Å². The van der Waals surface area contributed by atoms with Gasteiger partial charge in [0.25, 0.3) is 0 Å². The summed E-state index contributed by atoms with van der Waals surface area (Å²) in [5, 5.41) is 5.19. The number of hydrogen-bond acceptors (Lipinski definition) is 7. The molecule has 0 spiro atoms. The van der Waals surface area contributed by atoms with Crippen LogP contribution in [0.15, 0.2) is 36.4 Å². The Labute approximate surface area is 153 Å². The fourth-order valence-electron chi connectivity index (χ4n) is 3.50. The van der Waals surface area contributed by atoms with Gasteiger partial charge in [-0.1, -0.05) is 30.3 Å². The van der Waals surface area contributed by atoms with Gasteiger partial charge in [-0.05, 0) is 28.8 Å². The number of benzene rings is 2. The molecule has 1 N–H and O–H groups in total. The number of anilines is 1. The molecule has 1 aliphatic heterocycles. The van der Waals surface area contributed by atoms with Gasteiger partial charge in [-0.15, -0.1) is 0 Å². The van der Waals surface area contributed by atoms with Crippen molar-refractivity contribution in [2.45, 2.75) is 17.9 Å². The summed E-state index contributed by atoms with van der Waals surface area (Å²) in [4.78, 5) is 0. The van der Waals surface area contributed by atoms with Crippen molar-refractivity contribution in [3.63, 3.8) is 0 Å². The number of hydrogen-bond donors (Lipinski definition) is 1. The lowest BCUT2D eigenvalue weighted by Gasteiger charge is -2.37. The van der Waals surface area contributed by atoms with Gasteiger partial charge < -0.3 is 23.4 Å². The summed E-state index contributed by atoms with van der Waals surface area (Å²) in [5.74, 6) is -0.671. The molecule has 0 bridgehead atoms. The highest BCUT2D eigenvalue weighted by molar-refractivity contribution is 7.55. The van der Waals surface area contributed by atoms with Gasteiger partial charge in [0.1, 0.15) is 5.78 Å². The molecule has 3 rings (SSSR count). The number of nitrogens with one attached hydrogen (secondary N) is 1. The van der Waals surface area contributed by atoms with Crippen LogP contribution in [0.4, 0.5) is 5.69 Å². The Morgan fingerprint density at radius 2 is 1.50 bits per heavy atom. The standard InChI is InChI=1S/C17H23NO6P2/c1-21-25(19,22-2)15-11-16(26(20,23-3)24-4)18-14-10-9-12-7-5-6-8-13(12)17(14)15/h5-10,15-16,18H,11H2,1-4H3. The maximum atomic E-state index is 13.3. The predicted octanol–water partition coefficient (Wildman–Crippen LogP) is 4.99. The minimum Gasteiger partial charge on any atom is -0.371 e. The molecule has 0 saturated heterocycles. The molecule has 9 heteroatoms. The molecule has 7 nitrogen and oxygen atoms in total. The van der Waals surface area contributed by atoms with Crippen LogP contribution in [-0.2, 0) is 27.2 Å². The maximum absolute atomic E-state index is 13.3. The summed E-state index contributed by atoms with van der Waals surface area (Å²) < 4.78 is 47.2. The van der Waals surface area contributed by atoms with E-state index in [1.165, 1.54) is 28.4 Å². The van der Waals surface area contributed by atoms with Crippen molar-refractivity contribution in [1.82, 2.24) is 0 Å². The van der Waals surface area contributed by atoms with Crippen LogP contribution in [0, 0.1) is 0 Å². The summed E-state index contributed by atoms with van der Waals surface area (Å²) in [6.07, 6.45) is 0.221. The SMILES string of the molecule is COP(=O)(OC)C1CC(P(=O)(OC)OC)c2c(ccc3ccccc23)N1. The van der Waals surface area contributed by atoms with Gasteiger partial charge in [0.2, 0.25) is 0 Å². The molecule has 0 amide bonds. The van der Waals surface area contributed by atoms with Gasteiger partial charge in [-0.25, -0.2) is 0 Å². The summed E-state index contributed by atoms with van der Waals surface area (Å²) in [7, 11) is -1.55. The zero-order valence-corrected chi connectivity index (χ0v) is 17.0. The molecule has 0 aliphatic carbocycles. The summed E-state index contributed by atoms with van der Waals surface area (Å²) in [6.45, 7) is 0. The Kier molecular flexibility index (Phi) is 5.59. The molecule has 2 aromatic carbocycles.